The Morgan fingerprint density at radius 1 is 1.83 bits per heavy atom. The molecule has 0 bridgehead atoms. The molecule has 0 saturated heterocycles. The highest BCUT2D eigenvalue weighted by molar-refractivity contribution is 5.76. The highest BCUT2D eigenvalue weighted by Gasteiger charge is 2.10. The average Bonchev–Trinajstić information content (AvgIpc) is 2.35. The number of aromatic nitrogens is 3. The first-order valence-electron chi connectivity index (χ1n) is 3.54. The van der Waals surface area contributed by atoms with Gasteiger partial charge in [0.2, 0.25) is 5.91 Å². The van der Waals surface area contributed by atoms with Crippen molar-refractivity contribution in [3.63, 3.8) is 0 Å². The monoisotopic (exact) mass is 169 g/mol. The number of anilines is 1. The Balaban J connectivity index is 2.58. The molecule has 0 spiro atoms. The number of primary amides is 1. The van der Waals surface area contributed by atoms with Crippen LogP contribution in [0.5, 0.6) is 0 Å². The highest BCUT2D eigenvalue weighted by atomic mass is 16.1. The summed E-state index contributed by atoms with van der Waals surface area (Å²) >= 11 is 0. The van der Waals surface area contributed by atoms with Gasteiger partial charge < -0.3 is 11.5 Å². The van der Waals surface area contributed by atoms with Crippen LogP contribution in [-0.2, 0) is 11.3 Å². The molecule has 1 heterocycles. The summed E-state index contributed by atoms with van der Waals surface area (Å²) in [6.07, 6.45) is 1.42. The first kappa shape index (κ1) is 8.51. The van der Waals surface area contributed by atoms with Crippen LogP contribution in [0.2, 0.25) is 0 Å². The molecule has 0 aliphatic carbocycles. The Hall–Kier alpha value is -1.59. The third kappa shape index (κ3) is 1.94. The first-order chi connectivity index (χ1) is 5.59. The van der Waals surface area contributed by atoms with Crippen molar-refractivity contribution in [1.29, 1.82) is 0 Å². The number of carbonyl (C=O) groups is 1. The summed E-state index contributed by atoms with van der Waals surface area (Å²) in [7, 11) is 0. The van der Waals surface area contributed by atoms with Gasteiger partial charge in [0.25, 0.3) is 0 Å². The van der Waals surface area contributed by atoms with E-state index in [-0.39, 0.29) is 11.8 Å². The van der Waals surface area contributed by atoms with E-state index in [2.05, 4.69) is 10.2 Å². The van der Waals surface area contributed by atoms with Crippen molar-refractivity contribution in [2.24, 2.45) is 11.7 Å². The lowest BCUT2D eigenvalue weighted by Crippen LogP contribution is -2.25. The van der Waals surface area contributed by atoms with E-state index in [1.807, 2.05) is 0 Å². The van der Waals surface area contributed by atoms with Gasteiger partial charge in [-0.15, -0.1) is 5.10 Å². The highest BCUT2D eigenvalue weighted by Crippen LogP contribution is 1.98. The van der Waals surface area contributed by atoms with E-state index in [1.54, 1.807) is 6.92 Å². The quantitative estimate of drug-likeness (QED) is 0.605. The topological polar surface area (TPSA) is 99.8 Å². The van der Waals surface area contributed by atoms with Gasteiger partial charge in [-0.3, -0.25) is 4.79 Å². The summed E-state index contributed by atoms with van der Waals surface area (Å²) in [5.74, 6) is -0.311. The lowest BCUT2D eigenvalue weighted by Gasteiger charge is -2.04. The average molecular weight is 169 g/mol. The molecule has 12 heavy (non-hydrogen) atoms. The lowest BCUT2D eigenvalue weighted by molar-refractivity contribution is -0.121. The second-order valence-corrected chi connectivity index (χ2v) is 2.63. The van der Waals surface area contributed by atoms with Crippen LogP contribution in [0.15, 0.2) is 6.20 Å². The maximum absolute atomic E-state index is 10.6. The molecule has 1 aromatic heterocycles. The summed E-state index contributed by atoms with van der Waals surface area (Å²) in [5.41, 5.74) is 10.4. The van der Waals surface area contributed by atoms with Gasteiger partial charge in [-0.25, -0.2) is 0 Å². The molecule has 0 aromatic carbocycles. The summed E-state index contributed by atoms with van der Waals surface area (Å²) in [6.45, 7) is 2.08. The van der Waals surface area contributed by atoms with Crippen LogP contribution < -0.4 is 11.5 Å². The van der Waals surface area contributed by atoms with Gasteiger partial charge in [0.1, 0.15) is 0 Å². The zero-order chi connectivity index (χ0) is 9.14. The lowest BCUT2D eigenvalue weighted by atomic mass is 10.2. The number of nitrogen functional groups attached to an aromatic ring is 1. The van der Waals surface area contributed by atoms with E-state index in [0.29, 0.717) is 12.4 Å². The van der Waals surface area contributed by atoms with E-state index in [4.69, 9.17) is 11.5 Å². The molecule has 0 saturated carbocycles. The number of rotatable bonds is 3. The number of nitrogens with two attached hydrogens (primary N) is 2. The summed E-state index contributed by atoms with van der Waals surface area (Å²) in [6, 6.07) is 0. The molecule has 0 aliphatic rings. The van der Waals surface area contributed by atoms with Crippen LogP contribution in [0.1, 0.15) is 6.92 Å². The fraction of sp³-hybridized carbons (Fsp3) is 0.500. The Morgan fingerprint density at radius 3 is 2.92 bits per heavy atom. The van der Waals surface area contributed by atoms with Gasteiger partial charge in [-0.2, -0.15) is 9.90 Å². The minimum Gasteiger partial charge on any atom is -0.381 e. The van der Waals surface area contributed by atoms with Crippen molar-refractivity contribution in [2.75, 3.05) is 5.73 Å². The van der Waals surface area contributed by atoms with Crippen LogP contribution in [0.3, 0.4) is 0 Å². The van der Waals surface area contributed by atoms with Crippen molar-refractivity contribution in [3.8, 4) is 0 Å². The molecule has 6 heteroatoms. The summed E-state index contributed by atoms with van der Waals surface area (Å²) in [5, 5.41) is 7.62. The van der Waals surface area contributed by atoms with Crippen LogP contribution in [-0.4, -0.2) is 20.9 Å². The van der Waals surface area contributed by atoms with Crippen LogP contribution in [0.25, 0.3) is 0 Å². The zero-order valence-electron chi connectivity index (χ0n) is 6.77. The van der Waals surface area contributed by atoms with Crippen molar-refractivity contribution >= 4 is 11.7 Å². The zero-order valence-corrected chi connectivity index (χ0v) is 6.77. The van der Waals surface area contributed by atoms with Crippen molar-refractivity contribution in [3.05, 3.63) is 6.20 Å². The van der Waals surface area contributed by atoms with E-state index < -0.39 is 0 Å². The second-order valence-electron chi connectivity index (χ2n) is 2.63. The Kier molecular flexibility index (Phi) is 2.27. The summed E-state index contributed by atoms with van der Waals surface area (Å²) < 4.78 is 0. The van der Waals surface area contributed by atoms with Crippen LogP contribution in [0.4, 0.5) is 5.82 Å². The molecule has 1 atom stereocenters. The van der Waals surface area contributed by atoms with Gasteiger partial charge in [-0.05, 0) is 0 Å². The molecule has 4 N–H and O–H groups in total. The second kappa shape index (κ2) is 3.21. The summed E-state index contributed by atoms with van der Waals surface area (Å²) in [4.78, 5) is 12.0. The molecule has 6 nitrogen and oxygen atoms in total. The third-order valence-corrected chi connectivity index (χ3v) is 1.48. The predicted octanol–water partition coefficient (Wildman–Crippen LogP) is -1.02. The molecule has 1 rings (SSSR count). The SMILES string of the molecule is CC(Cn1ncc(N)n1)C(N)=O. The van der Waals surface area contributed by atoms with Gasteiger partial charge >= 0.3 is 0 Å². The van der Waals surface area contributed by atoms with E-state index in [1.165, 1.54) is 11.0 Å². The molecular formula is C6H11N5O. The standard InChI is InChI=1S/C6H11N5O/c1-4(6(8)12)3-11-9-2-5(7)10-11/h2,4H,3H2,1H3,(H2,7,10)(H2,8,12). The molecular weight excluding hydrogens is 158 g/mol. The van der Waals surface area contributed by atoms with Crippen molar-refractivity contribution < 1.29 is 4.79 Å². The van der Waals surface area contributed by atoms with Crippen LogP contribution in [0, 0.1) is 5.92 Å². The van der Waals surface area contributed by atoms with E-state index in [0.717, 1.165) is 0 Å². The van der Waals surface area contributed by atoms with Gasteiger partial charge in [-0.1, -0.05) is 6.92 Å². The molecule has 1 amide bonds. The normalized spacial score (nSPS) is 12.8. The van der Waals surface area contributed by atoms with Crippen molar-refractivity contribution in [2.45, 2.75) is 13.5 Å². The number of hydrogen-bond donors (Lipinski definition) is 2. The third-order valence-electron chi connectivity index (χ3n) is 1.48. The minimum atomic E-state index is -0.370. The maximum Gasteiger partial charge on any atom is 0.222 e. The Bertz CT molecular complexity index is 281. The number of nitrogens with zero attached hydrogens (tertiary/aromatic N) is 3. The van der Waals surface area contributed by atoms with Crippen molar-refractivity contribution in [1.82, 2.24) is 15.0 Å². The molecule has 66 valence electrons. The van der Waals surface area contributed by atoms with Crippen LogP contribution >= 0.6 is 0 Å². The Labute approximate surface area is 69.5 Å². The number of carbonyl (C=O) groups excluding carboxylic acids is 1. The fourth-order valence-corrected chi connectivity index (χ4v) is 0.734. The number of hydrogen-bond acceptors (Lipinski definition) is 4. The molecule has 0 fully saturated rings. The number of amides is 1. The largest absolute Gasteiger partial charge is 0.381 e. The first-order valence-corrected chi connectivity index (χ1v) is 3.54. The van der Waals surface area contributed by atoms with E-state index in [9.17, 15) is 4.79 Å². The molecule has 1 aromatic rings. The molecule has 0 aliphatic heterocycles. The van der Waals surface area contributed by atoms with Gasteiger partial charge in [0.05, 0.1) is 18.7 Å². The smallest absolute Gasteiger partial charge is 0.222 e. The Morgan fingerprint density at radius 2 is 2.50 bits per heavy atom. The fourth-order valence-electron chi connectivity index (χ4n) is 0.734. The van der Waals surface area contributed by atoms with Gasteiger partial charge in [0.15, 0.2) is 5.82 Å². The molecule has 0 radical (unpaired) electrons. The van der Waals surface area contributed by atoms with Gasteiger partial charge in [0, 0.05) is 0 Å². The maximum atomic E-state index is 10.6. The predicted molar refractivity (Wildman–Crippen MR) is 42.8 cm³/mol. The van der Waals surface area contributed by atoms with E-state index >= 15 is 0 Å². The minimum absolute atomic E-state index is 0.281. The molecule has 1 unspecified atom stereocenters.